The largest absolute Gasteiger partial charge is 0.460 e. The first-order valence-electron chi connectivity index (χ1n) is 6.25. The first-order chi connectivity index (χ1) is 9.02. The molecule has 0 amide bonds. The van der Waals surface area contributed by atoms with E-state index in [4.69, 9.17) is 14.2 Å². The first-order valence-corrected chi connectivity index (χ1v) is 7.41. The molecule has 19 heavy (non-hydrogen) atoms. The molecular weight excluding hydrogens is 268 g/mol. The number of rotatable bonds is 6. The van der Waals surface area contributed by atoms with Gasteiger partial charge in [0.25, 0.3) is 0 Å². The van der Waals surface area contributed by atoms with Gasteiger partial charge in [0.2, 0.25) is 6.29 Å². The van der Waals surface area contributed by atoms with E-state index in [1.807, 2.05) is 0 Å². The highest BCUT2D eigenvalue weighted by molar-refractivity contribution is 7.99. The lowest BCUT2D eigenvalue weighted by Crippen LogP contribution is -2.32. The molecule has 2 unspecified atom stereocenters. The highest BCUT2D eigenvalue weighted by Crippen LogP contribution is 2.17. The van der Waals surface area contributed by atoms with Crippen molar-refractivity contribution in [3.63, 3.8) is 0 Å². The van der Waals surface area contributed by atoms with Crippen molar-refractivity contribution in [3.8, 4) is 0 Å². The van der Waals surface area contributed by atoms with Gasteiger partial charge in [0.05, 0.1) is 18.3 Å². The Hall–Kier alpha value is -1.01. The van der Waals surface area contributed by atoms with Crippen LogP contribution in [-0.4, -0.2) is 42.4 Å². The zero-order chi connectivity index (χ0) is 14.3. The van der Waals surface area contributed by atoms with Crippen LogP contribution >= 0.6 is 11.8 Å². The summed E-state index contributed by atoms with van der Waals surface area (Å²) in [6, 6.07) is 0. The Kier molecular flexibility index (Phi) is 6.94. The molecule has 6 heteroatoms. The second-order valence-electron chi connectivity index (χ2n) is 4.40. The lowest BCUT2D eigenvalue weighted by molar-refractivity contribution is -0.179. The van der Waals surface area contributed by atoms with E-state index in [0.29, 0.717) is 18.8 Å². The molecular formula is C13H20O5S. The van der Waals surface area contributed by atoms with Crippen LogP contribution in [0.4, 0.5) is 0 Å². The molecule has 0 radical (unpaired) electrons. The van der Waals surface area contributed by atoms with E-state index < -0.39 is 12.3 Å². The van der Waals surface area contributed by atoms with Crippen LogP contribution in [0.15, 0.2) is 12.7 Å². The maximum absolute atomic E-state index is 11.8. The zero-order valence-corrected chi connectivity index (χ0v) is 12.1. The summed E-state index contributed by atoms with van der Waals surface area (Å²) in [4.78, 5) is 22.8. The summed E-state index contributed by atoms with van der Waals surface area (Å²) in [5, 5.41) is 0. The molecule has 0 N–H and O–H groups in total. The van der Waals surface area contributed by atoms with Gasteiger partial charge in [0.1, 0.15) is 6.10 Å². The van der Waals surface area contributed by atoms with Gasteiger partial charge in [-0.15, -0.1) is 0 Å². The standard InChI is InChI=1S/C13H20O5S/c1-4-11(14)17-10(3)7-9(2)13(15)18-12-8-19-6-5-16-12/h4,9-10,12H,1,5-8H2,2-3H3/t9-,10?,12?/m0/s1. The summed E-state index contributed by atoms with van der Waals surface area (Å²) in [6.45, 7) is 7.40. The van der Waals surface area contributed by atoms with Crippen molar-refractivity contribution in [2.24, 2.45) is 5.92 Å². The van der Waals surface area contributed by atoms with Gasteiger partial charge in [-0.3, -0.25) is 4.79 Å². The van der Waals surface area contributed by atoms with Crippen molar-refractivity contribution >= 4 is 23.7 Å². The van der Waals surface area contributed by atoms with E-state index in [1.165, 1.54) is 0 Å². The second-order valence-corrected chi connectivity index (χ2v) is 5.55. The average Bonchev–Trinajstić information content (AvgIpc) is 2.39. The quantitative estimate of drug-likeness (QED) is 0.548. The van der Waals surface area contributed by atoms with Crippen LogP contribution in [0, 0.1) is 5.92 Å². The van der Waals surface area contributed by atoms with E-state index in [1.54, 1.807) is 25.6 Å². The van der Waals surface area contributed by atoms with Crippen LogP contribution in [0.2, 0.25) is 0 Å². The molecule has 5 nitrogen and oxygen atoms in total. The summed E-state index contributed by atoms with van der Waals surface area (Å²) in [6.07, 6.45) is 0.708. The van der Waals surface area contributed by atoms with E-state index in [-0.39, 0.29) is 18.0 Å². The van der Waals surface area contributed by atoms with Gasteiger partial charge in [0.15, 0.2) is 0 Å². The molecule has 1 rings (SSSR count). The first kappa shape index (κ1) is 16.0. The van der Waals surface area contributed by atoms with Crippen LogP contribution in [-0.2, 0) is 23.8 Å². The summed E-state index contributed by atoms with van der Waals surface area (Å²) in [7, 11) is 0. The third kappa shape index (κ3) is 6.11. The minimum Gasteiger partial charge on any atom is -0.460 e. The number of esters is 2. The molecule has 0 spiro atoms. The van der Waals surface area contributed by atoms with Gasteiger partial charge in [-0.2, -0.15) is 11.8 Å². The van der Waals surface area contributed by atoms with Crippen molar-refractivity contribution in [2.45, 2.75) is 32.7 Å². The van der Waals surface area contributed by atoms with Crippen LogP contribution in [0.5, 0.6) is 0 Å². The molecule has 0 aliphatic carbocycles. The van der Waals surface area contributed by atoms with Crippen LogP contribution in [0.1, 0.15) is 20.3 Å². The lowest BCUT2D eigenvalue weighted by Gasteiger charge is -2.24. The van der Waals surface area contributed by atoms with E-state index in [9.17, 15) is 9.59 Å². The number of thioether (sulfide) groups is 1. The van der Waals surface area contributed by atoms with Crippen LogP contribution < -0.4 is 0 Å². The van der Waals surface area contributed by atoms with Crippen molar-refractivity contribution in [2.75, 3.05) is 18.1 Å². The SMILES string of the molecule is C=CC(=O)OC(C)C[C@H](C)C(=O)OC1CSCCO1. The maximum Gasteiger partial charge on any atom is 0.330 e. The number of hydrogen-bond donors (Lipinski definition) is 0. The highest BCUT2D eigenvalue weighted by atomic mass is 32.2. The van der Waals surface area contributed by atoms with Gasteiger partial charge in [0, 0.05) is 11.8 Å². The van der Waals surface area contributed by atoms with Crippen LogP contribution in [0.25, 0.3) is 0 Å². The molecule has 1 saturated heterocycles. The fourth-order valence-corrected chi connectivity index (χ4v) is 2.41. The Bertz CT molecular complexity index is 325. The molecule has 1 aliphatic heterocycles. The summed E-state index contributed by atoms with van der Waals surface area (Å²) >= 11 is 1.70. The highest BCUT2D eigenvalue weighted by Gasteiger charge is 2.24. The predicted molar refractivity (Wildman–Crippen MR) is 72.7 cm³/mol. The second kappa shape index (κ2) is 8.22. The van der Waals surface area contributed by atoms with E-state index >= 15 is 0 Å². The zero-order valence-electron chi connectivity index (χ0n) is 11.3. The molecule has 3 atom stereocenters. The smallest absolute Gasteiger partial charge is 0.330 e. The molecule has 0 aromatic rings. The number of carbonyl (C=O) groups excluding carboxylic acids is 2. The van der Waals surface area contributed by atoms with Crippen molar-refractivity contribution in [1.29, 1.82) is 0 Å². The fraction of sp³-hybridized carbons (Fsp3) is 0.692. The molecule has 108 valence electrons. The van der Waals surface area contributed by atoms with Gasteiger partial charge < -0.3 is 14.2 Å². The monoisotopic (exact) mass is 288 g/mol. The number of ether oxygens (including phenoxy) is 3. The summed E-state index contributed by atoms with van der Waals surface area (Å²) in [5.74, 6) is 0.440. The summed E-state index contributed by atoms with van der Waals surface area (Å²) < 4.78 is 15.6. The maximum atomic E-state index is 11.8. The Morgan fingerprint density at radius 1 is 1.53 bits per heavy atom. The van der Waals surface area contributed by atoms with Gasteiger partial charge in [-0.1, -0.05) is 13.5 Å². The Morgan fingerprint density at radius 2 is 2.26 bits per heavy atom. The number of hydrogen-bond acceptors (Lipinski definition) is 6. The molecule has 1 heterocycles. The minimum atomic E-state index is -0.486. The van der Waals surface area contributed by atoms with Gasteiger partial charge in [-0.05, 0) is 13.3 Å². The Morgan fingerprint density at radius 3 is 2.84 bits per heavy atom. The van der Waals surface area contributed by atoms with Crippen LogP contribution in [0.3, 0.4) is 0 Å². The topological polar surface area (TPSA) is 61.8 Å². The van der Waals surface area contributed by atoms with Gasteiger partial charge in [-0.25, -0.2) is 4.79 Å². The third-order valence-corrected chi connectivity index (χ3v) is 3.57. The molecule has 1 fully saturated rings. The average molecular weight is 288 g/mol. The van der Waals surface area contributed by atoms with E-state index in [0.717, 1.165) is 11.8 Å². The number of carbonyl (C=O) groups is 2. The Balaban J connectivity index is 2.30. The third-order valence-electron chi connectivity index (χ3n) is 2.60. The van der Waals surface area contributed by atoms with Crippen molar-refractivity contribution in [1.82, 2.24) is 0 Å². The van der Waals surface area contributed by atoms with E-state index in [2.05, 4.69) is 6.58 Å². The van der Waals surface area contributed by atoms with Crippen molar-refractivity contribution < 1.29 is 23.8 Å². The molecule has 0 bridgehead atoms. The molecule has 0 aromatic heterocycles. The predicted octanol–water partition coefficient (Wildman–Crippen LogP) is 1.76. The molecule has 1 aliphatic rings. The lowest BCUT2D eigenvalue weighted by atomic mass is 10.1. The molecule has 0 saturated carbocycles. The normalized spacial score (nSPS) is 22.1. The summed E-state index contributed by atoms with van der Waals surface area (Å²) in [5.41, 5.74) is 0. The minimum absolute atomic E-state index is 0.325. The Labute approximate surface area is 117 Å². The fourth-order valence-electron chi connectivity index (χ4n) is 1.67. The van der Waals surface area contributed by atoms with Gasteiger partial charge >= 0.3 is 11.9 Å². The van der Waals surface area contributed by atoms with Crippen molar-refractivity contribution in [3.05, 3.63) is 12.7 Å². The molecule has 0 aromatic carbocycles.